The summed E-state index contributed by atoms with van der Waals surface area (Å²) in [6.45, 7) is 1.08. The molecule has 18 heavy (non-hydrogen) atoms. The van der Waals surface area contributed by atoms with Crippen molar-refractivity contribution in [1.29, 1.82) is 0 Å². The Bertz CT molecular complexity index is 498. The zero-order valence-corrected chi connectivity index (χ0v) is 11.5. The number of benzene rings is 1. The molecule has 7 heteroatoms. The fourth-order valence-corrected chi connectivity index (χ4v) is 1.74. The summed E-state index contributed by atoms with van der Waals surface area (Å²) in [4.78, 5) is 1.33. The molecule has 0 aliphatic rings. The average Bonchev–Trinajstić information content (AvgIpc) is 2.78. The second kappa shape index (κ2) is 6.03. The highest BCUT2D eigenvalue weighted by molar-refractivity contribution is 9.10. The van der Waals surface area contributed by atoms with E-state index in [4.69, 9.17) is 0 Å². The molecule has 96 valence electrons. The van der Waals surface area contributed by atoms with Crippen LogP contribution in [0.15, 0.2) is 28.7 Å². The van der Waals surface area contributed by atoms with Crippen LogP contribution in [0.5, 0.6) is 0 Å². The molecule has 0 radical (unpaired) electrons. The first kappa shape index (κ1) is 13.1. The van der Waals surface area contributed by atoms with Gasteiger partial charge in [-0.25, -0.2) is 0 Å². The van der Waals surface area contributed by atoms with Crippen LogP contribution in [0, 0.1) is 0 Å². The van der Waals surface area contributed by atoms with E-state index in [9.17, 15) is 5.11 Å². The lowest BCUT2D eigenvalue weighted by atomic mass is 10.2. The number of halogens is 1. The van der Waals surface area contributed by atoms with Gasteiger partial charge in [0.1, 0.15) is 6.10 Å². The lowest BCUT2D eigenvalue weighted by Gasteiger charge is -2.08. The van der Waals surface area contributed by atoms with Crippen LogP contribution in [-0.2, 0) is 13.6 Å². The molecule has 0 amide bonds. The minimum absolute atomic E-state index is 0.334. The number of rotatable bonds is 5. The number of aliphatic hydroxyl groups excluding tert-OH is 1. The molecule has 1 aromatic heterocycles. The van der Waals surface area contributed by atoms with Crippen LogP contribution in [-0.4, -0.2) is 31.9 Å². The molecule has 1 aromatic carbocycles. The van der Waals surface area contributed by atoms with Gasteiger partial charge in [-0.15, -0.1) is 10.2 Å². The summed E-state index contributed by atoms with van der Waals surface area (Å²) in [5, 5.41) is 24.3. The van der Waals surface area contributed by atoms with Gasteiger partial charge in [0.2, 0.25) is 5.82 Å². The first-order valence-electron chi connectivity index (χ1n) is 5.52. The zero-order valence-electron chi connectivity index (χ0n) is 9.91. The number of nitrogens with zero attached hydrogens (tertiary/aromatic N) is 4. The SMILES string of the molecule is Cn1nnc(C(O)CNCc2ccc(Br)cc2)n1. The molecule has 6 nitrogen and oxygen atoms in total. The van der Waals surface area contributed by atoms with E-state index in [1.807, 2.05) is 24.3 Å². The Balaban J connectivity index is 1.80. The van der Waals surface area contributed by atoms with Crippen molar-refractivity contribution < 1.29 is 5.11 Å². The Labute approximate surface area is 113 Å². The van der Waals surface area contributed by atoms with Gasteiger partial charge in [0.25, 0.3) is 0 Å². The summed E-state index contributed by atoms with van der Waals surface area (Å²) >= 11 is 3.38. The van der Waals surface area contributed by atoms with Crippen molar-refractivity contribution in [3.05, 3.63) is 40.1 Å². The Morgan fingerprint density at radius 3 is 2.72 bits per heavy atom. The average molecular weight is 312 g/mol. The normalized spacial score (nSPS) is 12.6. The molecule has 0 fully saturated rings. The second-order valence-electron chi connectivity index (χ2n) is 3.91. The number of hydrogen-bond acceptors (Lipinski definition) is 5. The number of tetrazole rings is 1. The van der Waals surface area contributed by atoms with Crippen LogP contribution in [0.25, 0.3) is 0 Å². The molecule has 0 aliphatic carbocycles. The first-order chi connectivity index (χ1) is 8.65. The van der Waals surface area contributed by atoms with Gasteiger partial charge in [0, 0.05) is 17.6 Å². The van der Waals surface area contributed by atoms with E-state index in [-0.39, 0.29) is 0 Å². The molecular formula is C11H14BrN5O. The van der Waals surface area contributed by atoms with Gasteiger partial charge < -0.3 is 10.4 Å². The van der Waals surface area contributed by atoms with Crippen molar-refractivity contribution in [2.45, 2.75) is 12.6 Å². The molecule has 2 rings (SSSR count). The summed E-state index contributed by atoms with van der Waals surface area (Å²) < 4.78 is 1.05. The van der Waals surface area contributed by atoms with Crippen molar-refractivity contribution in [2.75, 3.05) is 6.54 Å². The van der Waals surface area contributed by atoms with Crippen molar-refractivity contribution >= 4 is 15.9 Å². The van der Waals surface area contributed by atoms with Crippen molar-refractivity contribution in [1.82, 2.24) is 25.5 Å². The molecule has 2 aromatic rings. The van der Waals surface area contributed by atoms with Crippen LogP contribution in [0.3, 0.4) is 0 Å². The highest BCUT2D eigenvalue weighted by atomic mass is 79.9. The quantitative estimate of drug-likeness (QED) is 0.854. The highest BCUT2D eigenvalue weighted by Crippen LogP contribution is 2.10. The number of aliphatic hydroxyl groups is 1. The van der Waals surface area contributed by atoms with Gasteiger partial charge in [-0.05, 0) is 22.9 Å². The van der Waals surface area contributed by atoms with Crippen LogP contribution in [0.4, 0.5) is 0 Å². The largest absolute Gasteiger partial charge is 0.384 e. The third-order valence-electron chi connectivity index (χ3n) is 2.40. The monoisotopic (exact) mass is 311 g/mol. The van der Waals surface area contributed by atoms with Crippen LogP contribution in [0.1, 0.15) is 17.5 Å². The van der Waals surface area contributed by atoms with E-state index >= 15 is 0 Å². The number of aryl methyl sites for hydroxylation is 1. The molecular weight excluding hydrogens is 298 g/mol. The fourth-order valence-electron chi connectivity index (χ4n) is 1.48. The van der Waals surface area contributed by atoms with E-state index in [0.29, 0.717) is 18.9 Å². The van der Waals surface area contributed by atoms with E-state index in [2.05, 4.69) is 36.7 Å². The maximum Gasteiger partial charge on any atom is 0.204 e. The van der Waals surface area contributed by atoms with Crippen molar-refractivity contribution in [2.24, 2.45) is 7.05 Å². The summed E-state index contributed by atoms with van der Waals surface area (Å²) in [5.41, 5.74) is 1.15. The van der Waals surface area contributed by atoms with Gasteiger partial charge in [0.05, 0.1) is 7.05 Å². The topological polar surface area (TPSA) is 75.9 Å². The maximum absolute atomic E-state index is 9.81. The summed E-state index contributed by atoms with van der Waals surface area (Å²) in [7, 11) is 1.67. The molecule has 0 bridgehead atoms. The molecule has 0 spiro atoms. The van der Waals surface area contributed by atoms with Gasteiger partial charge in [-0.2, -0.15) is 4.80 Å². The van der Waals surface area contributed by atoms with Crippen molar-refractivity contribution in [3.8, 4) is 0 Å². The van der Waals surface area contributed by atoms with Crippen LogP contribution >= 0.6 is 15.9 Å². The van der Waals surface area contributed by atoms with Crippen LogP contribution in [0.2, 0.25) is 0 Å². The van der Waals surface area contributed by atoms with Crippen LogP contribution < -0.4 is 5.32 Å². The summed E-state index contributed by atoms with van der Waals surface area (Å²) in [6, 6.07) is 8.00. The Hall–Kier alpha value is -1.31. The molecule has 1 heterocycles. The third-order valence-corrected chi connectivity index (χ3v) is 2.93. The predicted octanol–water partition coefficient (Wildman–Crippen LogP) is 0.796. The summed E-state index contributed by atoms with van der Waals surface area (Å²) in [6.07, 6.45) is -0.742. The Kier molecular flexibility index (Phi) is 4.40. The number of nitrogens with one attached hydrogen (secondary N) is 1. The summed E-state index contributed by atoms with van der Waals surface area (Å²) in [5.74, 6) is 0.334. The standard InChI is InChI=1S/C11H14BrN5O/c1-17-15-11(14-16-17)10(18)7-13-6-8-2-4-9(12)5-3-8/h2-5,10,13,18H,6-7H2,1H3. The Morgan fingerprint density at radius 2 is 2.11 bits per heavy atom. The first-order valence-corrected chi connectivity index (χ1v) is 6.31. The number of hydrogen-bond donors (Lipinski definition) is 2. The number of aromatic nitrogens is 4. The van der Waals surface area contributed by atoms with Gasteiger partial charge >= 0.3 is 0 Å². The minimum atomic E-state index is -0.742. The molecule has 2 N–H and O–H groups in total. The lowest BCUT2D eigenvalue weighted by molar-refractivity contribution is 0.164. The van der Waals surface area contributed by atoms with Crippen molar-refractivity contribution in [3.63, 3.8) is 0 Å². The minimum Gasteiger partial charge on any atom is -0.384 e. The smallest absolute Gasteiger partial charge is 0.204 e. The fraction of sp³-hybridized carbons (Fsp3) is 0.364. The molecule has 1 atom stereocenters. The maximum atomic E-state index is 9.81. The van der Waals surface area contributed by atoms with E-state index in [0.717, 1.165) is 10.0 Å². The van der Waals surface area contributed by atoms with Gasteiger partial charge in [-0.3, -0.25) is 0 Å². The molecule has 0 saturated heterocycles. The lowest BCUT2D eigenvalue weighted by Crippen LogP contribution is -2.22. The molecule has 0 aliphatic heterocycles. The predicted molar refractivity (Wildman–Crippen MR) is 69.6 cm³/mol. The molecule has 0 saturated carbocycles. The van der Waals surface area contributed by atoms with E-state index in [1.54, 1.807) is 7.05 Å². The second-order valence-corrected chi connectivity index (χ2v) is 4.83. The van der Waals surface area contributed by atoms with Gasteiger partial charge in [-0.1, -0.05) is 28.1 Å². The van der Waals surface area contributed by atoms with E-state index in [1.165, 1.54) is 4.80 Å². The highest BCUT2D eigenvalue weighted by Gasteiger charge is 2.12. The molecule has 1 unspecified atom stereocenters. The van der Waals surface area contributed by atoms with E-state index < -0.39 is 6.10 Å². The van der Waals surface area contributed by atoms with Gasteiger partial charge in [0.15, 0.2) is 0 Å². The zero-order chi connectivity index (χ0) is 13.0. The third kappa shape index (κ3) is 3.59. The Morgan fingerprint density at radius 1 is 1.39 bits per heavy atom.